The fourth-order valence-electron chi connectivity index (χ4n) is 12.9. The highest BCUT2D eigenvalue weighted by molar-refractivity contribution is 7.05. The van der Waals surface area contributed by atoms with Gasteiger partial charge in [0.05, 0.1) is 0 Å². The molecule has 4 heterocycles. The zero-order chi connectivity index (χ0) is 43.7. The first-order chi connectivity index (χ1) is 31.7. The van der Waals surface area contributed by atoms with E-state index in [1.165, 1.54) is 91.4 Å². The van der Waals surface area contributed by atoms with Crippen molar-refractivity contribution in [3.63, 3.8) is 0 Å². The van der Waals surface area contributed by atoms with E-state index in [-0.39, 0.29) is 5.41 Å². The van der Waals surface area contributed by atoms with Crippen molar-refractivity contribution in [3.05, 3.63) is 225 Å². The van der Waals surface area contributed by atoms with Gasteiger partial charge in [0.2, 0.25) is 0 Å². The standard InChI is InChI=1S/C61H52N2Si2/c1-61(2)51-33-41(21-23-43-27-31-59-55(35-43)62(3)53-17-9-11-19-57(53)64(59)37-45-13-5-6-14-46(45)38-64)25-29-49(51)50-30-26-42(34-52(50)61)22-24-44-28-32-60-56(36-44)63(4)54-18-10-12-20-58(54)65(60)39-47-15-7-8-16-48(47)40-65/h5-36H,37-40H2,1-4H3. The highest BCUT2D eigenvalue weighted by atomic mass is 28.3. The van der Waals surface area contributed by atoms with E-state index >= 15 is 0 Å². The molecule has 4 heteroatoms. The smallest absolute Gasteiger partial charge is 0.132 e. The summed E-state index contributed by atoms with van der Waals surface area (Å²) in [5.41, 5.74) is 22.0. The summed E-state index contributed by atoms with van der Waals surface area (Å²) in [6.45, 7) is 4.80. The monoisotopic (exact) mass is 868 g/mol. The molecular weight excluding hydrogens is 817 g/mol. The molecule has 13 rings (SSSR count). The van der Waals surface area contributed by atoms with Crippen molar-refractivity contribution in [2.24, 2.45) is 0 Å². The number of fused-ring (bicyclic) bond motifs is 13. The minimum atomic E-state index is -2.01. The highest BCUT2D eigenvalue weighted by Crippen LogP contribution is 2.49. The molecule has 65 heavy (non-hydrogen) atoms. The van der Waals surface area contributed by atoms with Crippen LogP contribution in [0.3, 0.4) is 0 Å². The van der Waals surface area contributed by atoms with E-state index < -0.39 is 16.1 Å². The van der Waals surface area contributed by atoms with Crippen LogP contribution in [-0.2, 0) is 29.6 Å². The molecule has 2 spiro atoms. The van der Waals surface area contributed by atoms with Crippen molar-refractivity contribution >= 4 is 83.9 Å². The van der Waals surface area contributed by atoms with Crippen molar-refractivity contribution in [2.45, 2.75) is 43.4 Å². The van der Waals surface area contributed by atoms with E-state index in [1.54, 1.807) is 43.0 Å². The lowest BCUT2D eigenvalue weighted by molar-refractivity contribution is 0.660. The molecule has 0 radical (unpaired) electrons. The quantitative estimate of drug-likeness (QED) is 0.128. The first kappa shape index (κ1) is 38.7. The molecule has 0 saturated heterocycles. The number of anilines is 4. The SMILES string of the molecule is CN1c2ccccc2[Si]2(Cc3ccccc3C2)c2ccc(C=Cc3ccc4c(c3)C(C)(C)c3cc(C=Cc5ccc6c(c5)N(C)c5ccccc5[Si]65Cc6ccccc6C5)ccc3-4)cc21. The molecule has 8 aromatic carbocycles. The van der Waals surface area contributed by atoms with Crippen molar-refractivity contribution in [1.29, 1.82) is 0 Å². The third-order valence-electron chi connectivity index (χ3n) is 16.2. The van der Waals surface area contributed by atoms with E-state index in [9.17, 15) is 0 Å². The minimum Gasteiger partial charge on any atom is -0.345 e. The van der Waals surface area contributed by atoms with Crippen LogP contribution in [0.15, 0.2) is 170 Å². The van der Waals surface area contributed by atoms with Crippen LogP contribution in [0, 0.1) is 0 Å². The number of hydrogen-bond donors (Lipinski definition) is 0. The van der Waals surface area contributed by atoms with Gasteiger partial charge in [-0.2, -0.15) is 0 Å². The molecule has 0 aromatic heterocycles. The summed E-state index contributed by atoms with van der Waals surface area (Å²) < 4.78 is 0. The van der Waals surface area contributed by atoms with Gasteiger partial charge >= 0.3 is 0 Å². The van der Waals surface area contributed by atoms with Crippen molar-refractivity contribution in [1.82, 2.24) is 0 Å². The largest absolute Gasteiger partial charge is 0.345 e. The summed E-state index contributed by atoms with van der Waals surface area (Å²) in [7, 11) is 0.500. The average molecular weight is 869 g/mol. The summed E-state index contributed by atoms with van der Waals surface area (Å²) in [4.78, 5) is 4.89. The van der Waals surface area contributed by atoms with Crippen molar-refractivity contribution in [2.75, 3.05) is 23.9 Å². The van der Waals surface area contributed by atoms with Crippen LogP contribution >= 0.6 is 0 Å². The Morgan fingerprint density at radius 2 is 0.692 bits per heavy atom. The van der Waals surface area contributed by atoms with Gasteiger partial charge in [-0.25, -0.2) is 0 Å². The van der Waals surface area contributed by atoms with Gasteiger partial charge < -0.3 is 9.80 Å². The van der Waals surface area contributed by atoms with Crippen molar-refractivity contribution < 1.29 is 0 Å². The van der Waals surface area contributed by atoms with Gasteiger partial charge in [0, 0.05) is 42.3 Å². The lowest BCUT2D eigenvalue weighted by Crippen LogP contribution is -2.64. The highest BCUT2D eigenvalue weighted by Gasteiger charge is 2.50. The molecule has 0 amide bonds. The third kappa shape index (κ3) is 5.70. The Hall–Kier alpha value is -6.73. The molecule has 0 bridgehead atoms. The maximum atomic E-state index is 2.48. The predicted molar refractivity (Wildman–Crippen MR) is 281 cm³/mol. The van der Waals surface area contributed by atoms with E-state index in [1.807, 2.05) is 0 Å². The van der Waals surface area contributed by atoms with E-state index in [0.717, 1.165) is 0 Å². The predicted octanol–water partition coefficient (Wildman–Crippen LogP) is 11.4. The number of hydrogen-bond acceptors (Lipinski definition) is 2. The molecule has 314 valence electrons. The number of para-hydroxylation sites is 2. The minimum absolute atomic E-state index is 0.113. The Balaban J connectivity index is 0.774. The molecule has 4 aliphatic heterocycles. The molecule has 5 aliphatic rings. The van der Waals surface area contributed by atoms with Crippen LogP contribution < -0.4 is 30.5 Å². The Morgan fingerprint density at radius 1 is 0.369 bits per heavy atom. The van der Waals surface area contributed by atoms with Gasteiger partial charge in [0.1, 0.15) is 16.1 Å². The van der Waals surface area contributed by atoms with Gasteiger partial charge in [-0.15, -0.1) is 0 Å². The number of rotatable bonds is 4. The molecule has 0 saturated carbocycles. The summed E-state index contributed by atoms with van der Waals surface area (Å²) in [5, 5.41) is 6.31. The second kappa shape index (κ2) is 14.1. The van der Waals surface area contributed by atoms with Crippen LogP contribution in [0.2, 0.25) is 0 Å². The van der Waals surface area contributed by atoms with Crippen LogP contribution in [-0.4, -0.2) is 30.2 Å². The van der Waals surface area contributed by atoms with Gasteiger partial charge in [-0.3, -0.25) is 0 Å². The summed E-state index contributed by atoms with van der Waals surface area (Å²) in [5.74, 6) is 0. The summed E-state index contributed by atoms with van der Waals surface area (Å²) in [6, 6.07) is 70.2. The average Bonchev–Trinajstić information content (AvgIpc) is 4.00. The summed E-state index contributed by atoms with van der Waals surface area (Å²) in [6.07, 6.45) is 9.26. The molecule has 0 fully saturated rings. The van der Waals surface area contributed by atoms with Gasteiger partial charge in [-0.05, 0) is 136 Å². The van der Waals surface area contributed by atoms with Gasteiger partial charge in [0.25, 0.3) is 0 Å². The maximum Gasteiger partial charge on any atom is 0.132 e. The first-order valence-electron chi connectivity index (χ1n) is 23.5. The third-order valence-corrected chi connectivity index (χ3v) is 26.0. The number of nitrogens with zero attached hydrogens (tertiary/aromatic N) is 2. The second-order valence-electron chi connectivity index (χ2n) is 20.0. The molecule has 8 aromatic rings. The van der Waals surface area contributed by atoms with Crippen LogP contribution in [0.5, 0.6) is 0 Å². The van der Waals surface area contributed by atoms with Crippen LogP contribution in [0.25, 0.3) is 35.4 Å². The maximum absolute atomic E-state index is 2.48. The molecule has 2 nitrogen and oxygen atoms in total. The van der Waals surface area contributed by atoms with Crippen LogP contribution in [0.1, 0.15) is 69.5 Å². The zero-order valence-corrected chi connectivity index (χ0v) is 39.7. The van der Waals surface area contributed by atoms with E-state index in [4.69, 9.17) is 0 Å². The Labute approximate surface area is 385 Å². The second-order valence-corrected chi connectivity index (χ2v) is 27.9. The molecular formula is C61H52N2Si2. The van der Waals surface area contributed by atoms with Crippen molar-refractivity contribution in [3.8, 4) is 11.1 Å². The summed E-state index contributed by atoms with van der Waals surface area (Å²) >= 11 is 0. The molecule has 0 atom stereocenters. The van der Waals surface area contributed by atoms with Gasteiger partial charge in [0.15, 0.2) is 0 Å². The fourth-order valence-corrected chi connectivity index (χ4v) is 23.8. The number of benzene rings is 8. The molecule has 0 N–H and O–H groups in total. The lowest BCUT2D eigenvalue weighted by atomic mass is 9.81. The zero-order valence-electron chi connectivity index (χ0n) is 37.7. The molecule has 0 unspecified atom stereocenters. The normalized spacial score (nSPS) is 17.2. The molecule has 1 aliphatic carbocycles. The topological polar surface area (TPSA) is 6.48 Å². The first-order valence-corrected chi connectivity index (χ1v) is 28.3. The van der Waals surface area contributed by atoms with E-state index in [0.29, 0.717) is 0 Å². The lowest BCUT2D eigenvalue weighted by Gasteiger charge is -2.41. The Kier molecular flexibility index (Phi) is 8.42. The van der Waals surface area contributed by atoms with Gasteiger partial charge in [-0.1, -0.05) is 184 Å². The Bertz CT molecular complexity index is 3100. The van der Waals surface area contributed by atoms with Crippen LogP contribution in [0.4, 0.5) is 22.7 Å². The Morgan fingerprint density at radius 3 is 1.09 bits per heavy atom. The van der Waals surface area contributed by atoms with E-state index in [2.05, 4.69) is 232 Å². The fraction of sp³-hybridized carbons (Fsp3) is 0.148.